The lowest BCUT2D eigenvalue weighted by molar-refractivity contribution is 0.102. The van der Waals surface area contributed by atoms with E-state index in [0.29, 0.717) is 9.47 Å². The molecular weight excluding hydrogens is 412 g/mol. The topological polar surface area (TPSA) is 125 Å². The maximum Gasteiger partial charge on any atom is 0.332 e. The summed E-state index contributed by atoms with van der Waals surface area (Å²) in [6, 6.07) is 6.04. The molecule has 1 aromatic carbocycles. The number of carbonyl (C=O) groups is 1. The summed E-state index contributed by atoms with van der Waals surface area (Å²) in [6.45, 7) is 4.03. The number of anilines is 3. The second kappa shape index (κ2) is 8.21. The van der Waals surface area contributed by atoms with Gasteiger partial charge in [0, 0.05) is 19.8 Å². The number of carbonyl (C=O) groups excluding carboxylic acids is 1. The number of Topliss-reactive ketones (excluding diaryl/α,β-unsaturated/α-hetero) is 1. The zero-order chi connectivity index (χ0) is 21.3. The lowest BCUT2D eigenvalue weighted by atomic mass is 10.1. The Morgan fingerprint density at radius 2 is 1.93 bits per heavy atom. The molecule has 0 aliphatic rings. The Kier molecular flexibility index (Phi) is 5.89. The zero-order valence-electron chi connectivity index (χ0n) is 16.3. The molecule has 0 radical (unpaired) electrons. The molecule has 11 heteroatoms. The van der Waals surface area contributed by atoms with Gasteiger partial charge < -0.3 is 11.1 Å². The van der Waals surface area contributed by atoms with Crippen molar-refractivity contribution in [2.24, 2.45) is 14.1 Å². The van der Waals surface area contributed by atoms with Crippen molar-refractivity contribution in [2.75, 3.05) is 16.8 Å². The third kappa shape index (κ3) is 4.25. The molecule has 3 N–H and O–H groups in total. The number of nitrogens with two attached hydrogens (primary N) is 1. The number of aryl methyl sites for hydroxylation is 2. The van der Waals surface area contributed by atoms with E-state index < -0.39 is 17.0 Å². The first-order chi connectivity index (χ1) is 13.7. The minimum atomic E-state index is -0.703. The van der Waals surface area contributed by atoms with Crippen LogP contribution in [0.2, 0.25) is 0 Å². The molecule has 0 saturated heterocycles. The number of nitrogens with one attached hydrogen (secondary N) is 1. The summed E-state index contributed by atoms with van der Waals surface area (Å²) >= 11 is 2.46. The molecule has 2 heterocycles. The van der Waals surface area contributed by atoms with E-state index in [-0.39, 0.29) is 17.1 Å². The van der Waals surface area contributed by atoms with Gasteiger partial charge in [-0.05, 0) is 25.5 Å². The van der Waals surface area contributed by atoms with Gasteiger partial charge in [-0.2, -0.15) is 0 Å². The van der Waals surface area contributed by atoms with Crippen molar-refractivity contribution in [3.8, 4) is 0 Å². The lowest BCUT2D eigenvalue weighted by Crippen LogP contribution is -2.41. The molecule has 0 fully saturated rings. The maximum absolute atomic E-state index is 12.6. The van der Waals surface area contributed by atoms with Crippen LogP contribution in [0.1, 0.15) is 21.5 Å². The normalized spacial score (nSPS) is 10.9. The highest BCUT2D eigenvalue weighted by atomic mass is 32.2. The smallest absolute Gasteiger partial charge is 0.332 e. The number of hydrogen-bond acceptors (Lipinski definition) is 9. The summed E-state index contributed by atoms with van der Waals surface area (Å²) in [4.78, 5) is 36.7. The van der Waals surface area contributed by atoms with Crippen molar-refractivity contribution < 1.29 is 4.79 Å². The molecule has 0 aliphatic carbocycles. The van der Waals surface area contributed by atoms with Crippen molar-refractivity contribution in [1.82, 2.24) is 19.3 Å². The molecule has 0 bridgehead atoms. The molecule has 3 aromatic rings. The molecule has 0 amide bonds. The fourth-order valence-corrected chi connectivity index (χ4v) is 4.35. The number of hydrogen-bond donors (Lipinski definition) is 2. The fraction of sp³-hybridized carbons (Fsp3) is 0.278. The van der Waals surface area contributed by atoms with Gasteiger partial charge in [0.25, 0.3) is 5.56 Å². The van der Waals surface area contributed by atoms with Gasteiger partial charge >= 0.3 is 5.69 Å². The second-order valence-electron chi connectivity index (χ2n) is 6.49. The van der Waals surface area contributed by atoms with Crippen molar-refractivity contribution in [1.29, 1.82) is 0 Å². The molecule has 0 aliphatic heterocycles. The van der Waals surface area contributed by atoms with E-state index in [9.17, 15) is 14.4 Å². The van der Waals surface area contributed by atoms with E-state index in [1.807, 2.05) is 26.0 Å². The predicted octanol–water partition coefficient (Wildman–Crippen LogP) is 1.85. The Bertz CT molecular complexity index is 1210. The maximum atomic E-state index is 12.6. The van der Waals surface area contributed by atoms with Crippen LogP contribution in [-0.2, 0) is 14.1 Å². The fourth-order valence-electron chi connectivity index (χ4n) is 2.71. The van der Waals surface area contributed by atoms with Gasteiger partial charge in [-0.15, -0.1) is 10.2 Å². The lowest BCUT2D eigenvalue weighted by Gasteiger charge is -2.10. The summed E-state index contributed by atoms with van der Waals surface area (Å²) in [5, 5.41) is 12.0. The Morgan fingerprint density at radius 3 is 2.62 bits per heavy atom. The van der Waals surface area contributed by atoms with Crippen LogP contribution in [0, 0.1) is 13.8 Å². The van der Waals surface area contributed by atoms with E-state index in [2.05, 4.69) is 21.6 Å². The minimum absolute atomic E-state index is 0.0458. The molecule has 29 heavy (non-hydrogen) atoms. The van der Waals surface area contributed by atoms with E-state index in [1.54, 1.807) is 0 Å². The van der Waals surface area contributed by atoms with Crippen LogP contribution in [0.25, 0.3) is 0 Å². The largest absolute Gasteiger partial charge is 0.384 e. The monoisotopic (exact) mass is 432 g/mol. The number of benzene rings is 1. The Hall–Kier alpha value is -2.92. The van der Waals surface area contributed by atoms with Crippen LogP contribution in [0.5, 0.6) is 0 Å². The minimum Gasteiger partial charge on any atom is -0.384 e. The van der Waals surface area contributed by atoms with Gasteiger partial charge in [-0.3, -0.25) is 18.7 Å². The number of rotatable bonds is 6. The first-order valence-electron chi connectivity index (χ1n) is 8.58. The molecule has 9 nitrogen and oxygen atoms in total. The van der Waals surface area contributed by atoms with Crippen LogP contribution in [0.4, 0.5) is 16.6 Å². The van der Waals surface area contributed by atoms with E-state index in [1.165, 1.54) is 31.0 Å². The predicted molar refractivity (Wildman–Crippen MR) is 115 cm³/mol. The molecule has 2 aromatic heterocycles. The molecule has 0 saturated carbocycles. The Labute approximate surface area is 174 Å². The van der Waals surface area contributed by atoms with Gasteiger partial charge in [0.05, 0.1) is 5.75 Å². The average Bonchev–Trinajstić information content (AvgIpc) is 3.13. The third-order valence-corrected chi connectivity index (χ3v) is 6.32. The number of aromatic nitrogens is 4. The quantitative estimate of drug-likeness (QED) is 0.447. The van der Waals surface area contributed by atoms with E-state index in [0.717, 1.165) is 32.1 Å². The number of thioether (sulfide) groups is 1. The summed E-state index contributed by atoms with van der Waals surface area (Å²) < 4.78 is 2.52. The Morgan fingerprint density at radius 1 is 1.21 bits per heavy atom. The van der Waals surface area contributed by atoms with Crippen molar-refractivity contribution in [2.45, 2.75) is 18.2 Å². The first kappa shape index (κ1) is 20.8. The summed E-state index contributed by atoms with van der Waals surface area (Å²) in [7, 11) is 2.72. The summed E-state index contributed by atoms with van der Waals surface area (Å²) in [5.41, 5.74) is 7.53. The van der Waals surface area contributed by atoms with Crippen LogP contribution < -0.4 is 22.3 Å². The Balaban J connectivity index is 1.73. The molecule has 0 spiro atoms. The number of nitrogen functional groups attached to an aromatic ring is 1. The van der Waals surface area contributed by atoms with Gasteiger partial charge in [-0.1, -0.05) is 40.8 Å². The molecular formula is C18H20N6O3S2. The van der Waals surface area contributed by atoms with Crippen LogP contribution in [0.3, 0.4) is 0 Å². The van der Waals surface area contributed by atoms with Gasteiger partial charge in [0.1, 0.15) is 11.4 Å². The summed E-state index contributed by atoms with van der Waals surface area (Å²) in [5.74, 6) is -0.656. The van der Waals surface area contributed by atoms with Crippen LogP contribution in [-0.4, -0.2) is 30.9 Å². The van der Waals surface area contributed by atoms with Crippen molar-refractivity contribution in [3.05, 3.63) is 55.7 Å². The van der Waals surface area contributed by atoms with Crippen molar-refractivity contribution >= 4 is 45.5 Å². The van der Waals surface area contributed by atoms with Gasteiger partial charge in [0.2, 0.25) is 5.13 Å². The highest BCUT2D eigenvalue weighted by Gasteiger charge is 2.21. The highest BCUT2D eigenvalue weighted by molar-refractivity contribution is 8.01. The van der Waals surface area contributed by atoms with Crippen LogP contribution >= 0.6 is 23.1 Å². The first-order valence-corrected chi connectivity index (χ1v) is 10.4. The van der Waals surface area contributed by atoms with E-state index in [4.69, 9.17) is 5.73 Å². The molecule has 152 valence electrons. The number of ketones is 1. The summed E-state index contributed by atoms with van der Waals surface area (Å²) in [6.07, 6.45) is 0. The number of nitrogens with zero attached hydrogens (tertiary/aromatic N) is 4. The van der Waals surface area contributed by atoms with Gasteiger partial charge in [-0.25, -0.2) is 4.79 Å². The van der Waals surface area contributed by atoms with E-state index >= 15 is 0 Å². The molecule has 0 atom stereocenters. The SMILES string of the molecule is Cc1ccc(Nc2nnc(SCC(=O)c3c(N)n(C)c(=O)n(C)c3=O)s2)c(C)c1. The van der Waals surface area contributed by atoms with Crippen LogP contribution in [0.15, 0.2) is 32.1 Å². The van der Waals surface area contributed by atoms with Gasteiger partial charge in [0.15, 0.2) is 10.1 Å². The highest BCUT2D eigenvalue weighted by Crippen LogP contribution is 2.29. The second-order valence-corrected chi connectivity index (χ2v) is 8.69. The zero-order valence-corrected chi connectivity index (χ0v) is 18.0. The standard InChI is InChI=1S/C18H20N6O3S2/c1-9-5-6-11(10(2)7-9)20-16-21-22-17(29-16)28-8-12(25)13-14(19)23(3)18(27)24(4)15(13)26/h5-7H,8,19H2,1-4H3,(H,20,21). The molecule has 0 unspecified atom stereocenters. The van der Waals surface area contributed by atoms with Crippen molar-refractivity contribution in [3.63, 3.8) is 0 Å². The third-order valence-electron chi connectivity index (χ3n) is 4.35. The molecule has 3 rings (SSSR count). The average molecular weight is 433 g/mol.